The average Bonchev–Trinajstić information content (AvgIpc) is 3.07. The van der Waals surface area contributed by atoms with E-state index in [1.165, 1.54) is 4.90 Å². The van der Waals surface area contributed by atoms with Gasteiger partial charge in [0.05, 0.1) is 12.7 Å². The van der Waals surface area contributed by atoms with Crippen LogP contribution in [0.4, 0.5) is 4.79 Å². The number of carbonyl (C=O) groups excluding carboxylic acids is 1. The number of amides is 2. The maximum absolute atomic E-state index is 11.8. The molecule has 0 aliphatic heterocycles. The van der Waals surface area contributed by atoms with Gasteiger partial charge in [-0.3, -0.25) is 4.79 Å². The molecule has 19 heavy (non-hydrogen) atoms. The van der Waals surface area contributed by atoms with Crippen LogP contribution in [-0.2, 0) is 14.8 Å². The Hall–Kier alpha value is -1.35. The molecule has 8 nitrogen and oxygen atoms in total. The Morgan fingerprint density at radius 3 is 2.42 bits per heavy atom. The van der Waals surface area contributed by atoms with Crippen molar-refractivity contribution in [3.05, 3.63) is 0 Å². The summed E-state index contributed by atoms with van der Waals surface area (Å²) in [6, 6.07) is -0.235. The average molecular weight is 293 g/mol. The predicted octanol–water partition coefficient (Wildman–Crippen LogP) is -0.816. The van der Waals surface area contributed by atoms with Gasteiger partial charge in [-0.2, -0.15) is 0 Å². The molecule has 9 heteroatoms. The van der Waals surface area contributed by atoms with Crippen molar-refractivity contribution in [2.75, 3.05) is 25.9 Å². The summed E-state index contributed by atoms with van der Waals surface area (Å²) in [5.74, 6) is -0.947. The molecule has 1 aliphatic rings. The van der Waals surface area contributed by atoms with Gasteiger partial charge in [-0.15, -0.1) is 0 Å². The Balaban J connectivity index is 2.30. The van der Waals surface area contributed by atoms with Crippen molar-refractivity contribution in [3.63, 3.8) is 0 Å². The first-order valence-corrected chi connectivity index (χ1v) is 7.89. The molecule has 1 fully saturated rings. The van der Waals surface area contributed by atoms with Crippen LogP contribution in [0, 0.1) is 0 Å². The van der Waals surface area contributed by atoms with Gasteiger partial charge in [0.1, 0.15) is 0 Å². The van der Waals surface area contributed by atoms with Gasteiger partial charge >= 0.3 is 12.0 Å². The Labute approximate surface area is 112 Å². The van der Waals surface area contributed by atoms with Crippen LogP contribution in [-0.4, -0.2) is 62.4 Å². The summed E-state index contributed by atoms with van der Waals surface area (Å²) < 4.78 is 23.9. The van der Waals surface area contributed by atoms with E-state index >= 15 is 0 Å². The number of urea groups is 1. The molecule has 0 saturated heterocycles. The van der Waals surface area contributed by atoms with Gasteiger partial charge in [-0.25, -0.2) is 17.9 Å². The Morgan fingerprint density at radius 2 is 1.95 bits per heavy atom. The molecule has 0 unspecified atom stereocenters. The third-order valence-electron chi connectivity index (χ3n) is 2.58. The molecular formula is C10H19N3O5S. The van der Waals surface area contributed by atoms with E-state index in [4.69, 9.17) is 5.11 Å². The van der Waals surface area contributed by atoms with Crippen molar-refractivity contribution >= 4 is 22.0 Å². The smallest absolute Gasteiger partial charge is 0.317 e. The Kier molecular flexibility index (Phi) is 5.55. The monoisotopic (exact) mass is 293 g/mol. The molecular weight excluding hydrogens is 274 g/mol. The zero-order valence-electron chi connectivity index (χ0n) is 10.8. The molecule has 0 radical (unpaired) electrons. The van der Waals surface area contributed by atoms with E-state index in [0.717, 1.165) is 19.1 Å². The second-order valence-corrected chi connectivity index (χ2v) is 6.30. The predicted molar refractivity (Wildman–Crippen MR) is 68.2 cm³/mol. The first-order valence-electron chi connectivity index (χ1n) is 6.00. The van der Waals surface area contributed by atoms with Crippen molar-refractivity contribution in [1.29, 1.82) is 0 Å². The minimum absolute atomic E-state index is 0.0918. The topological polar surface area (TPSA) is 116 Å². The number of rotatable bonds is 8. The lowest BCUT2D eigenvalue weighted by Crippen LogP contribution is -2.44. The molecule has 2 amide bonds. The fourth-order valence-electron chi connectivity index (χ4n) is 1.56. The van der Waals surface area contributed by atoms with Crippen molar-refractivity contribution in [2.24, 2.45) is 0 Å². The highest BCUT2D eigenvalue weighted by Gasteiger charge is 2.32. The molecule has 0 aromatic rings. The normalized spacial score (nSPS) is 15.0. The van der Waals surface area contributed by atoms with Crippen LogP contribution in [0.1, 0.15) is 19.3 Å². The lowest BCUT2D eigenvalue weighted by atomic mass is 10.4. The minimum Gasteiger partial charge on any atom is -0.481 e. The highest BCUT2D eigenvalue weighted by molar-refractivity contribution is 7.88. The summed E-state index contributed by atoms with van der Waals surface area (Å²) in [6.07, 6.45) is 2.72. The van der Waals surface area contributed by atoms with Gasteiger partial charge in [0, 0.05) is 25.7 Å². The number of nitrogens with one attached hydrogen (secondary N) is 2. The van der Waals surface area contributed by atoms with Gasteiger partial charge in [-0.05, 0) is 12.8 Å². The molecule has 0 heterocycles. The van der Waals surface area contributed by atoms with Crippen molar-refractivity contribution in [1.82, 2.24) is 14.9 Å². The second kappa shape index (κ2) is 6.71. The number of nitrogens with zero attached hydrogens (tertiary/aromatic N) is 1. The summed E-state index contributed by atoms with van der Waals surface area (Å²) >= 11 is 0. The van der Waals surface area contributed by atoms with Crippen LogP contribution in [0.2, 0.25) is 0 Å². The van der Waals surface area contributed by atoms with Gasteiger partial charge in [-0.1, -0.05) is 0 Å². The summed E-state index contributed by atoms with van der Waals surface area (Å²) in [6.45, 7) is 0.454. The van der Waals surface area contributed by atoms with E-state index in [1.54, 1.807) is 0 Å². The van der Waals surface area contributed by atoms with Crippen LogP contribution >= 0.6 is 0 Å². The fraction of sp³-hybridized carbons (Fsp3) is 0.800. The van der Waals surface area contributed by atoms with E-state index in [1.807, 2.05) is 0 Å². The Morgan fingerprint density at radius 1 is 1.32 bits per heavy atom. The highest BCUT2D eigenvalue weighted by atomic mass is 32.2. The second-order valence-electron chi connectivity index (χ2n) is 4.47. The summed E-state index contributed by atoms with van der Waals surface area (Å²) in [5, 5.41) is 11.2. The zero-order valence-corrected chi connectivity index (χ0v) is 11.6. The number of carboxylic acid groups (broad SMARTS) is 1. The molecule has 0 aromatic carbocycles. The molecule has 0 spiro atoms. The van der Waals surface area contributed by atoms with Crippen LogP contribution in [0.5, 0.6) is 0 Å². The number of carboxylic acids is 1. The van der Waals surface area contributed by atoms with Gasteiger partial charge in [0.2, 0.25) is 10.0 Å². The van der Waals surface area contributed by atoms with Crippen LogP contribution in [0.15, 0.2) is 0 Å². The lowest BCUT2D eigenvalue weighted by Gasteiger charge is -2.22. The largest absolute Gasteiger partial charge is 0.481 e. The SMILES string of the molecule is CS(=O)(=O)NCCNC(=O)N(CCC(=O)O)C1CC1. The number of aliphatic carboxylic acids is 1. The first-order chi connectivity index (χ1) is 8.79. The molecule has 1 aliphatic carbocycles. The van der Waals surface area contributed by atoms with Gasteiger partial charge in [0.15, 0.2) is 0 Å². The summed E-state index contributed by atoms with van der Waals surface area (Å²) in [4.78, 5) is 23.8. The zero-order chi connectivity index (χ0) is 14.5. The van der Waals surface area contributed by atoms with Crippen molar-refractivity contribution in [3.8, 4) is 0 Å². The van der Waals surface area contributed by atoms with Crippen LogP contribution in [0.3, 0.4) is 0 Å². The maximum atomic E-state index is 11.8. The number of carbonyl (C=O) groups is 2. The van der Waals surface area contributed by atoms with Gasteiger partial charge in [0.25, 0.3) is 0 Å². The minimum atomic E-state index is -3.26. The molecule has 1 rings (SSSR count). The number of sulfonamides is 1. The van der Waals surface area contributed by atoms with Crippen molar-refractivity contribution < 1.29 is 23.1 Å². The molecule has 3 N–H and O–H groups in total. The lowest BCUT2D eigenvalue weighted by molar-refractivity contribution is -0.137. The quantitative estimate of drug-likeness (QED) is 0.506. The van der Waals surface area contributed by atoms with E-state index < -0.39 is 16.0 Å². The van der Waals surface area contributed by atoms with E-state index in [2.05, 4.69) is 10.0 Å². The van der Waals surface area contributed by atoms with Crippen LogP contribution < -0.4 is 10.0 Å². The standard InChI is InChI=1S/C10H19N3O5S/c1-19(17,18)12-6-5-11-10(16)13(8-2-3-8)7-4-9(14)15/h8,12H,2-7H2,1H3,(H,11,16)(H,14,15). The first kappa shape index (κ1) is 15.7. The van der Waals surface area contributed by atoms with E-state index in [9.17, 15) is 18.0 Å². The van der Waals surface area contributed by atoms with Gasteiger partial charge < -0.3 is 15.3 Å². The third-order valence-corrected chi connectivity index (χ3v) is 3.31. The maximum Gasteiger partial charge on any atom is 0.317 e. The molecule has 110 valence electrons. The number of hydrogen-bond acceptors (Lipinski definition) is 4. The van der Waals surface area contributed by atoms with E-state index in [0.29, 0.717) is 0 Å². The molecule has 0 aromatic heterocycles. The van der Waals surface area contributed by atoms with Crippen molar-refractivity contribution in [2.45, 2.75) is 25.3 Å². The summed E-state index contributed by atoms with van der Waals surface area (Å²) in [7, 11) is -3.26. The van der Waals surface area contributed by atoms with E-state index in [-0.39, 0.29) is 38.1 Å². The molecule has 0 bridgehead atoms. The third kappa shape index (κ3) is 6.97. The highest BCUT2D eigenvalue weighted by Crippen LogP contribution is 2.26. The Bertz CT molecular complexity index is 432. The van der Waals surface area contributed by atoms with Crippen LogP contribution in [0.25, 0.3) is 0 Å². The molecule has 1 saturated carbocycles. The number of hydrogen-bond donors (Lipinski definition) is 3. The molecule has 0 atom stereocenters. The fourth-order valence-corrected chi connectivity index (χ4v) is 2.03. The summed E-state index contributed by atoms with van der Waals surface area (Å²) in [5.41, 5.74) is 0.